The van der Waals surface area contributed by atoms with Crippen LogP contribution in [0.15, 0.2) is 51.5 Å². The second-order valence-corrected chi connectivity index (χ2v) is 4.83. The van der Waals surface area contributed by atoms with Gasteiger partial charge in [-0.2, -0.15) is 0 Å². The fourth-order valence-electron chi connectivity index (χ4n) is 1.30. The molecule has 0 bridgehead atoms. The van der Waals surface area contributed by atoms with Crippen molar-refractivity contribution in [2.75, 3.05) is 0 Å². The SMILES string of the molecule is O=C(c1ccccc1)c1nc(Br)ccc1Br. The highest BCUT2D eigenvalue weighted by Crippen LogP contribution is 2.20. The lowest BCUT2D eigenvalue weighted by molar-refractivity contribution is 0.103. The van der Waals surface area contributed by atoms with Gasteiger partial charge in [-0.05, 0) is 44.0 Å². The quantitative estimate of drug-likeness (QED) is 0.614. The van der Waals surface area contributed by atoms with Crippen molar-refractivity contribution < 1.29 is 4.79 Å². The first-order valence-corrected chi connectivity index (χ1v) is 6.19. The van der Waals surface area contributed by atoms with Crippen molar-refractivity contribution in [3.05, 3.63) is 62.8 Å². The van der Waals surface area contributed by atoms with E-state index < -0.39 is 0 Å². The number of halogens is 2. The molecule has 4 heteroatoms. The summed E-state index contributed by atoms with van der Waals surface area (Å²) in [6.07, 6.45) is 0. The lowest BCUT2D eigenvalue weighted by atomic mass is 10.1. The number of hydrogen-bond acceptors (Lipinski definition) is 2. The van der Waals surface area contributed by atoms with Crippen LogP contribution in [-0.4, -0.2) is 10.8 Å². The molecule has 1 aromatic heterocycles. The molecule has 2 rings (SSSR count). The van der Waals surface area contributed by atoms with E-state index in [4.69, 9.17) is 0 Å². The molecule has 80 valence electrons. The van der Waals surface area contributed by atoms with Gasteiger partial charge in [0.1, 0.15) is 10.3 Å². The average molecular weight is 341 g/mol. The minimum Gasteiger partial charge on any atom is -0.287 e. The second-order valence-electron chi connectivity index (χ2n) is 3.16. The predicted molar refractivity (Wildman–Crippen MR) is 69.5 cm³/mol. The summed E-state index contributed by atoms with van der Waals surface area (Å²) >= 11 is 6.58. The van der Waals surface area contributed by atoms with Crippen molar-refractivity contribution in [1.29, 1.82) is 0 Å². The molecule has 1 aromatic carbocycles. The standard InChI is InChI=1S/C12H7Br2NO/c13-9-6-7-10(14)15-11(9)12(16)8-4-2-1-3-5-8/h1-7H. The predicted octanol–water partition coefficient (Wildman–Crippen LogP) is 3.84. The molecule has 0 saturated carbocycles. The molecule has 0 spiro atoms. The topological polar surface area (TPSA) is 30.0 Å². The van der Waals surface area contributed by atoms with Gasteiger partial charge in [0.2, 0.25) is 5.78 Å². The second kappa shape index (κ2) is 4.89. The maximum atomic E-state index is 12.1. The number of rotatable bonds is 2. The molecular formula is C12H7Br2NO. The van der Waals surface area contributed by atoms with E-state index in [9.17, 15) is 4.79 Å². The zero-order valence-electron chi connectivity index (χ0n) is 8.15. The zero-order valence-corrected chi connectivity index (χ0v) is 11.3. The van der Waals surface area contributed by atoms with Crippen molar-refractivity contribution in [3.63, 3.8) is 0 Å². The third kappa shape index (κ3) is 2.39. The molecule has 0 atom stereocenters. The van der Waals surface area contributed by atoms with E-state index in [0.29, 0.717) is 20.3 Å². The Hall–Kier alpha value is -1.00. The van der Waals surface area contributed by atoms with Gasteiger partial charge >= 0.3 is 0 Å². The van der Waals surface area contributed by atoms with Gasteiger partial charge in [0, 0.05) is 10.0 Å². The number of nitrogens with zero attached hydrogens (tertiary/aromatic N) is 1. The largest absolute Gasteiger partial charge is 0.287 e. The smallest absolute Gasteiger partial charge is 0.212 e. The number of benzene rings is 1. The Morgan fingerprint density at radius 2 is 1.69 bits per heavy atom. The van der Waals surface area contributed by atoms with Crippen LogP contribution in [0.1, 0.15) is 16.1 Å². The fourth-order valence-corrected chi connectivity index (χ4v) is 2.01. The van der Waals surface area contributed by atoms with Crippen LogP contribution >= 0.6 is 31.9 Å². The van der Waals surface area contributed by atoms with E-state index in [1.807, 2.05) is 18.2 Å². The number of ketones is 1. The van der Waals surface area contributed by atoms with Gasteiger partial charge in [-0.15, -0.1) is 0 Å². The lowest BCUT2D eigenvalue weighted by Crippen LogP contribution is -2.05. The molecule has 0 radical (unpaired) electrons. The summed E-state index contributed by atoms with van der Waals surface area (Å²) in [4.78, 5) is 16.3. The normalized spacial score (nSPS) is 10.1. The molecule has 0 aliphatic carbocycles. The summed E-state index contributed by atoms with van der Waals surface area (Å²) in [6, 6.07) is 12.7. The molecular weight excluding hydrogens is 334 g/mol. The molecule has 0 aliphatic heterocycles. The summed E-state index contributed by atoms with van der Waals surface area (Å²) in [6.45, 7) is 0. The van der Waals surface area contributed by atoms with Crippen molar-refractivity contribution in [2.45, 2.75) is 0 Å². The monoisotopic (exact) mass is 339 g/mol. The van der Waals surface area contributed by atoms with E-state index >= 15 is 0 Å². The van der Waals surface area contributed by atoms with Crippen molar-refractivity contribution >= 4 is 37.6 Å². The first-order valence-electron chi connectivity index (χ1n) is 4.60. The highest BCUT2D eigenvalue weighted by molar-refractivity contribution is 9.11. The van der Waals surface area contributed by atoms with Gasteiger partial charge < -0.3 is 0 Å². The van der Waals surface area contributed by atoms with Crippen LogP contribution in [0.4, 0.5) is 0 Å². The fraction of sp³-hybridized carbons (Fsp3) is 0. The Kier molecular flexibility index (Phi) is 3.51. The maximum absolute atomic E-state index is 12.1. The Morgan fingerprint density at radius 1 is 1.00 bits per heavy atom. The van der Waals surface area contributed by atoms with Gasteiger partial charge in [0.15, 0.2) is 0 Å². The van der Waals surface area contributed by atoms with Crippen LogP contribution in [0, 0.1) is 0 Å². The number of carbonyl (C=O) groups is 1. The van der Waals surface area contributed by atoms with Gasteiger partial charge in [-0.1, -0.05) is 30.3 Å². The van der Waals surface area contributed by atoms with E-state index in [0.717, 1.165) is 0 Å². The zero-order chi connectivity index (χ0) is 11.5. The first kappa shape index (κ1) is 11.5. The third-order valence-electron chi connectivity index (χ3n) is 2.06. The van der Waals surface area contributed by atoms with Crippen molar-refractivity contribution in [3.8, 4) is 0 Å². The van der Waals surface area contributed by atoms with E-state index in [2.05, 4.69) is 36.8 Å². The molecule has 0 amide bonds. The highest BCUT2D eigenvalue weighted by atomic mass is 79.9. The Bertz CT molecular complexity index is 526. The first-order chi connectivity index (χ1) is 7.68. The Balaban J connectivity index is 2.46. The van der Waals surface area contributed by atoms with Crippen LogP contribution < -0.4 is 0 Å². The molecule has 2 aromatic rings. The minimum atomic E-state index is -0.0891. The van der Waals surface area contributed by atoms with Gasteiger partial charge in [0.25, 0.3) is 0 Å². The van der Waals surface area contributed by atoms with Crippen LogP contribution in [-0.2, 0) is 0 Å². The molecule has 2 nitrogen and oxygen atoms in total. The van der Waals surface area contributed by atoms with Gasteiger partial charge in [-0.25, -0.2) is 4.98 Å². The molecule has 0 saturated heterocycles. The molecule has 0 fully saturated rings. The molecule has 1 heterocycles. The minimum absolute atomic E-state index is 0.0891. The van der Waals surface area contributed by atoms with E-state index in [-0.39, 0.29) is 5.78 Å². The molecule has 16 heavy (non-hydrogen) atoms. The van der Waals surface area contributed by atoms with Crippen LogP contribution in [0.5, 0.6) is 0 Å². The molecule has 0 unspecified atom stereocenters. The third-order valence-corrected chi connectivity index (χ3v) is 3.14. The lowest BCUT2D eigenvalue weighted by Gasteiger charge is -2.03. The summed E-state index contributed by atoms with van der Waals surface area (Å²) in [5.41, 5.74) is 1.05. The van der Waals surface area contributed by atoms with Crippen molar-refractivity contribution in [1.82, 2.24) is 4.98 Å². The molecule has 0 N–H and O–H groups in total. The van der Waals surface area contributed by atoms with E-state index in [1.54, 1.807) is 24.3 Å². The highest BCUT2D eigenvalue weighted by Gasteiger charge is 2.14. The Morgan fingerprint density at radius 3 is 2.38 bits per heavy atom. The van der Waals surface area contributed by atoms with Crippen LogP contribution in [0.3, 0.4) is 0 Å². The Labute approximate surface area is 110 Å². The average Bonchev–Trinajstić information content (AvgIpc) is 2.32. The summed E-state index contributed by atoms with van der Waals surface area (Å²) < 4.78 is 1.35. The van der Waals surface area contributed by atoms with E-state index in [1.165, 1.54) is 0 Å². The summed E-state index contributed by atoms with van der Waals surface area (Å²) in [7, 11) is 0. The van der Waals surface area contributed by atoms with Gasteiger partial charge in [0.05, 0.1) is 0 Å². The number of hydrogen-bond donors (Lipinski definition) is 0. The summed E-state index contributed by atoms with van der Waals surface area (Å²) in [5.74, 6) is -0.0891. The number of aromatic nitrogens is 1. The molecule has 0 aliphatic rings. The number of pyridine rings is 1. The maximum Gasteiger partial charge on any atom is 0.212 e. The number of carbonyl (C=O) groups excluding carboxylic acids is 1. The van der Waals surface area contributed by atoms with Gasteiger partial charge in [-0.3, -0.25) is 4.79 Å². The van der Waals surface area contributed by atoms with Crippen LogP contribution in [0.25, 0.3) is 0 Å². The van der Waals surface area contributed by atoms with Crippen LogP contribution in [0.2, 0.25) is 0 Å². The summed E-state index contributed by atoms with van der Waals surface area (Å²) in [5, 5.41) is 0. The van der Waals surface area contributed by atoms with Crippen molar-refractivity contribution in [2.24, 2.45) is 0 Å².